The van der Waals surface area contributed by atoms with E-state index < -0.39 is 5.97 Å². The van der Waals surface area contributed by atoms with Gasteiger partial charge in [-0.15, -0.1) is 21.5 Å². The van der Waals surface area contributed by atoms with Gasteiger partial charge < -0.3 is 19.4 Å². The number of amides is 1. The third-order valence-electron chi connectivity index (χ3n) is 5.47. The number of anilines is 1. The van der Waals surface area contributed by atoms with Gasteiger partial charge in [-0.3, -0.25) is 4.79 Å². The summed E-state index contributed by atoms with van der Waals surface area (Å²) >= 11 is 2.64. The molecule has 0 saturated carbocycles. The van der Waals surface area contributed by atoms with E-state index in [1.165, 1.54) is 28.7 Å². The van der Waals surface area contributed by atoms with Gasteiger partial charge in [-0.2, -0.15) is 0 Å². The number of hydrogen-bond acceptors (Lipinski definition) is 8. The Balaban J connectivity index is 1.63. The second-order valence-electron chi connectivity index (χ2n) is 7.95. The molecule has 10 heteroatoms. The van der Waals surface area contributed by atoms with Gasteiger partial charge in [0, 0.05) is 11.9 Å². The predicted octanol–water partition coefficient (Wildman–Crippen LogP) is 5.16. The summed E-state index contributed by atoms with van der Waals surface area (Å²) in [5, 5.41) is 12.4. The minimum Gasteiger partial charge on any atom is -0.483 e. The van der Waals surface area contributed by atoms with Crippen molar-refractivity contribution in [1.29, 1.82) is 0 Å². The van der Waals surface area contributed by atoms with Crippen LogP contribution in [0.3, 0.4) is 0 Å². The second-order valence-corrected chi connectivity index (χ2v) is 10.1. The Morgan fingerprint density at radius 2 is 1.91 bits per heavy atom. The van der Waals surface area contributed by atoms with Gasteiger partial charge >= 0.3 is 5.97 Å². The number of aromatic nitrogens is 3. The summed E-state index contributed by atoms with van der Waals surface area (Å²) in [5.74, 6) is 0.890. The van der Waals surface area contributed by atoms with E-state index >= 15 is 0 Å². The number of nitrogens with zero attached hydrogens (tertiary/aromatic N) is 3. The van der Waals surface area contributed by atoms with E-state index in [0.717, 1.165) is 21.8 Å². The predicted molar refractivity (Wildman–Crippen MR) is 135 cm³/mol. The Hall–Kier alpha value is -2.85. The van der Waals surface area contributed by atoms with Gasteiger partial charge in [-0.1, -0.05) is 17.8 Å². The summed E-state index contributed by atoms with van der Waals surface area (Å²) in [5.41, 5.74) is 3.60. The number of carbonyl (C=O) groups excluding carboxylic acids is 2. The van der Waals surface area contributed by atoms with Crippen LogP contribution >= 0.6 is 23.1 Å². The lowest BCUT2D eigenvalue weighted by atomic mass is 10.1. The monoisotopic (exact) mass is 502 g/mol. The molecule has 0 bridgehead atoms. The Morgan fingerprint density at radius 1 is 1.18 bits per heavy atom. The van der Waals surface area contributed by atoms with Gasteiger partial charge in [0.15, 0.2) is 17.1 Å². The third-order valence-corrected chi connectivity index (χ3v) is 7.62. The van der Waals surface area contributed by atoms with E-state index in [1.807, 2.05) is 57.5 Å². The summed E-state index contributed by atoms with van der Waals surface area (Å²) < 4.78 is 13.0. The fraction of sp³-hybridized carbons (Fsp3) is 0.417. The molecule has 0 aliphatic heterocycles. The molecule has 0 aliphatic carbocycles. The first-order valence-corrected chi connectivity index (χ1v) is 12.8. The third kappa shape index (κ3) is 5.79. The Bertz CT molecular complexity index is 1200. The molecule has 3 aromatic rings. The van der Waals surface area contributed by atoms with Crippen LogP contribution in [0.4, 0.5) is 5.00 Å². The molecule has 1 amide bonds. The van der Waals surface area contributed by atoms with E-state index in [2.05, 4.69) is 22.4 Å². The van der Waals surface area contributed by atoms with E-state index in [0.29, 0.717) is 21.5 Å². The summed E-state index contributed by atoms with van der Waals surface area (Å²) in [7, 11) is 1.85. The Kier molecular flexibility index (Phi) is 8.37. The number of benzene rings is 1. The number of nitrogens with one attached hydrogen (secondary N) is 1. The summed E-state index contributed by atoms with van der Waals surface area (Å²) in [6.45, 7) is 11.8. The van der Waals surface area contributed by atoms with E-state index in [-0.39, 0.29) is 24.4 Å². The molecule has 0 aliphatic rings. The van der Waals surface area contributed by atoms with E-state index in [1.54, 1.807) is 6.92 Å². The molecule has 0 saturated heterocycles. The fourth-order valence-electron chi connectivity index (χ4n) is 3.31. The maximum atomic E-state index is 12.6. The number of thiophene rings is 1. The highest BCUT2D eigenvalue weighted by Crippen LogP contribution is 2.33. The average Bonchev–Trinajstić information content (AvgIpc) is 3.28. The minimum absolute atomic E-state index is 0.122. The quantitative estimate of drug-likeness (QED) is 0.319. The lowest BCUT2D eigenvalue weighted by Gasteiger charge is -2.15. The van der Waals surface area contributed by atoms with Crippen molar-refractivity contribution in [2.75, 3.05) is 17.7 Å². The van der Waals surface area contributed by atoms with E-state index in [9.17, 15) is 9.59 Å². The number of rotatable bonds is 9. The zero-order valence-corrected chi connectivity index (χ0v) is 22.1. The van der Waals surface area contributed by atoms with Crippen molar-refractivity contribution >= 4 is 40.0 Å². The maximum absolute atomic E-state index is 12.6. The number of esters is 1. The van der Waals surface area contributed by atoms with Gasteiger partial charge in [0.2, 0.25) is 5.91 Å². The van der Waals surface area contributed by atoms with Crippen LogP contribution in [0.25, 0.3) is 0 Å². The smallest absolute Gasteiger partial charge is 0.341 e. The summed E-state index contributed by atoms with van der Waals surface area (Å²) in [6.07, 6.45) is -0.313. The highest BCUT2D eigenvalue weighted by Gasteiger charge is 2.23. The zero-order valence-electron chi connectivity index (χ0n) is 20.5. The fourth-order valence-corrected chi connectivity index (χ4v) is 5.09. The Morgan fingerprint density at radius 3 is 2.59 bits per heavy atom. The molecule has 182 valence electrons. The number of aryl methyl sites for hydroxylation is 3. The maximum Gasteiger partial charge on any atom is 0.341 e. The highest BCUT2D eigenvalue weighted by molar-refractivity contribution is 7.99. The van der Waals surface area contributed by atoms with Gasteiger partial charge in [0.25, 0.3) is 0 Å². The first-order chi connectivity index (χ1) is 16.1. The number of ether oxygens (including phenoxy) is 2. The molecule has 2 heterocycles. The molecule has 0 radical (unpaired) electrons. The molecule has 0 spiro atoms. The Labute approximate surface area is 208 Å². The first kappa shape index (κ1) is 25.8. The molecular weight excluding hydrogens is 472 g/mol. The molecule has 2 aromatic heterocycles. The molecular formula is C24H30N4O4S2. The number of thioether (sulfide) groups is 1. The van der Waals surface area contributed by atoms with Crippen molar-refractivity contribution in [1.82, 2.24) is 14.8 Å². The van der Waals surface area contributed by atoms with Crippen LogP contribution in [0, 0.1) is 27.7 Å². The molecule has 1 atom stereocenters. The summed E-state index contributed by atoms with van der Waals surface area (Å²) in [6, 6.07) is 5.96. The molecule has 1 N–H and O–H groups in total. The van der Waals surface area contributed by atoms with Crippen LogP contribution in [0.15, 0.2) is 23.4 Å². The van der Waals surface area contributed by atoms with Crippen LogP contribution in [0.1, 0.15) is 57.7 Å². The standard InChI is InChI=1S/C24H30N4O4S2/c1-8-31-23(30)20-15(4)17(6)34-22(20)25-19(29)12-33-24-27-26-21(28(24)7)16(5)32-18-10-9-13(2)14(3)11-18/h9-11,16H,8,12H2,1-7H3,(H,25,29). The van der Waals surface area contributed by atoms with Gasteiger partial charge in [0.1, 0.15) is 10.8 Å². The highest BCUT2D eigenvalue weighted by atomic mass is 32.2. The topological polar surface area (TPSA) is 95.3 Å². The van der Waals surface area contributed by atoms with E-state index in [4.69, 9.17) is 9.47 Å². The SMILES string of the molecule is CCOC(=O)c1c(NC(=O)CSc2nnc(C(C)Oc3ccc(C)c(C)c3)n2C)sc(C)c1C. The van der Waals surface area contributed by atoms with Crippen molar-refractivity contribution in [2.24, 2.45) is 7.05 Å². The van der Waals surface area contributed by atoms with Gasteiger partial charge in [-0.05, 0) is 70.4 Å². The first-order valence-electron chi connectivity index (χ1n) is 10.9. The largest absolute Gasteiger partial charge is 0.483 e. The molecule has 34 heavy (non-hydrogen) atoms. The average molecular weight is 503 g/mol. The van der Waals surface area contributed by atoms with Crippen LogP contribution in [0.5, 0.6) is 5.75 Å². The molecule has 1 unspecified atom stereocenters. The lowest BCUT2D eigenvalue weighted by Crippen LogP contribution is -2.17. The molecule has 3 rings (SSSR count). The van der Waals surface area contributed by atoms with Crippen molar-refractivity contribution in [2.45, 2.75) is 52.8 Å². The van der Waals surface area contributed by atoms with Crippen molar-refractivity contribution < 1.29 is 19.1 Å². The van der Waals surface area contributed by atoms with Crippen molar-refractivity contribution in [3.8, 4) is 5.75 Å². The van der Waals surface area contributed by atoms with Crippen molar-refractivity contribution in [3.05, 3.63) is 51.2 Å². The second kappa shape index (κ2) is 11.1. The lowest BCUT2D eigenvalue weighted by molar-refractivity contribution is -0.113. The van der Waals surface area contributed by atoms with Gasteiger partial charge in [0.05, 0.1) is 17.9 Å². The normalized spacial score (nSPS) is 11.9. The van der Waals surface area contributed by atoms with Crippen LogP contribution < -0.4 is 10.1 Å². The number of hydrogen-bond donors (Lipinski definition) is 1. The van der Waals surface area contributed by atoms with Gasteiger partial charge in [-0.25, -0.2) is 4.79 Å². The molecule has 8 nitrogen and oxygen atoms in total. The molecule has 0 fully saturated rings. The minimum atomic E-state index is -0.428. The summed E-state index contributed by atoms with van der Waals surface area (Å²) in [4.78, 5) is 25.9. The van der Waals surface area contributed by atoms with Crippen LogP contribution in [-0.2, 0) is 16.6 Å². The number of carbonyl (C=O) groups is 2. The molecule has 1 aromatic carbocycles. The van der Waals surface area contributed by atoms with Crippen molar-refractivity contribution in [3.63, 3.8) is 0 Å². The van der Waals surface area contributed by atoms with Crippen LogP contribution in [0.2, 0.25) is 0 Å². The zero-order chi connectivity index (χ0) is 25.0. The van der Waals surface area contributed by atoms with Crippen LogP contribution in [-0.4, -0.2) is 39.0 Å².